The van der Waals surface area contributed by atoms with Crippen LogP contribution in [0.5, 0.6) is 0 Å². The second-order valence-corrected chi connectivity index (χ2v) is 6.55. The number of hydrogen-bond donors (Lipinski definition) is 0. The van der Waals surface area contributed by atoms with Crippen LogP contribution in [0.3, 0.4) is 0 Å². The van der Waals surface area contributed by atoms with Crippen LogP contribution >= 0.6 is 0 Å². The molecule has 0 aliphatic carbocycles. The van der Waals surface area contributed by atoms with Crippen molar-refractivity contribution < 1.29 is 0 Å². The fourth-order valence-corrected chi connectivity index (χ4v) is 3.37. The molecule has 0 saturated carbocycles. The van der Waals surface area contributed by atoms with Crippen LogP contribution in [0.1, 0.15) is 32.8 Å². The number of aliphatic imine (C=N–C) groups is 1. The quantitative estimate of drug-likeness (QED) is 0.839. The lowest BCUT2D eigenvalue weighted by atomic mass is 10.0. The molecule has 2 aliphatic heterocycles. The van der Waals surface area contributed by atoms with E-state index in [0.717, 1.165) is 19.4 Å². The minimum atomic E-state index is 0.439. The van der Waals surface area contributed by atoms with E-state index in [1.165, 1.54) is 22.6 Å². The smallest absolute Gasteiger partial charge is 0.0459 e. The maximum atomic E-state index is 4.42. The lowest BCUT2D eigenvalue weighted by molar-refractivity contribution is 0.669. The van der Waals surface area contributed by atoms with Gasteiger partial charge in [0, 0.05) is 49.1 Å². The zero-order chi connectivity index (χ0) is 15.0. The van der Waals surface area contributed by atoms with Gasteiger partial charge in [-0.05, 0) is 56.4 Å². The van der Waals surface area contributed by atoms with Crippen LogP contribution < -0.4 is 9.80 Å². The highest BCUT2D eigenvalue weighted by molar-refractivity contribution is 5.68. The Labute approximate surface area is 128 Å². The highest BCUT2D eigenvalue weighted by Gasteiger charge is 2.22. The van der Waals surface area contributed by atoms with Crippen LogP contribution in [0.2, 0.25) is 0 Å². The Hall–Kier alpha value is -1.77. The molecule has 2 aliphatic rings. The van der Waals surface area contributed by atoms with Gasteiger partial charge >= 0.3 is 0 Å². The molecule has 0 saturated heterocycles. The normalized spacial score (nSPS) is 20.7. The summed E-state index contributed by atoms with van der Waals surface area (Å²) in [4.78, 5) is 9.19. The number of likely N-dealkylation sites (N-methyl/N-ethyl adjacent to an activating group) is 1. The lowest BCUT2D eigenvalue weighted by Crippen LogP contribution is -2.31. The van der Waals surface area contributed by atoms with Gasteiger partial charge in [-0.15, -0.1) is 0 Å². The van der Waals surface area contributed by atoms with E-state index in [1.807, 2.05) is 12.4 Å². The predicted octanol–water partition coefficient (Wildman–Crippen LogP) is 3.85. The van der Waals surface area contributed by atoms with Crippen molar-refractivity contribution in [2.75, 3.05) is 23.4 Å². The van der Waals surface area contributed by atoms with Crippen molar-refractivity contribution in [3.8, 4) is 0 Å². The maximum Gasteiger partial charge on any atom is 0.0459 e. The van der Waals surface area contributed by atoms with Gasteiger partial charge < -0.3 is 9.80 Å². The molecular formula is C18H25N3. The van der Waals surface area contributed by atoms with E-state index in [-0.39, 0.29) is 0 Å². The van der Waals surface area contributed by atoms with Gasteiger partial charge in [0.2, 0.25) is 0 Å². The Morgan fingerprint density at radius 1 is 1.33 bits per heavy atom. The molecule has 0 amide bonds. The van der Waals surface area contributed by atoms with Crippen LogP contribution in [-0.2, 0) is 6.42 Å². The molecule has 3 rings (SSSR count). The molecular weight excluding hydrogens is 258 g/mol. The number of anilines is 2. The van der Waals surface area contributed by atoms with Crippen LogP contribution in [-0.4, -0.2) is 25.8 Å². The van der Waals surface area contributed by atoms with Crippen LogP contribution in [0.4, 0.5) is 11.4 Å². The van der Waals surface area contributed by atoms with Crippen molar-refractivity contribution in [1.29, 1.82) is 0 Å². The molecule has 3 nitrogen and oxygen atoms in total. The minimum Gasteiger partial charge on any atom is -0.374 e. The van der Waals surface area contributed by atoms with Gasteiger partial charge in [0.15, 0.2) is 0 Å². The van der Waals surface area contributed by atoms with Gasteiger partial charge in [0.1, 0.15) is 0 Å². The second-order valence-electron chi connectivity index (χ2n) is 6.55. The third-order valence-electron chi connectivity index (χ3n) is 4.39. The molecule has 0 N–H and O–H groups in total. The number of nitrogens with zero attached hydrogens (tertiary/aromatic N) is 3. The topological polar surface area (TPSA) is 18.8 Å². The van der Waals surface area contributed by atoms with Gasteiger partial charge in [-0.2, -0.15) is 0 Å². The third kappa shape index (κ3) is 2.69. The molecule has 21 heavy (non-hydrogen) atoms. The predicted molar refractivity (Wildman–Crippen MR) is 91.4 cm³/mol. The maximum absolute atomic E-state index is 4.42. The number of fused-ring (bicyclic) bond motifs is 1. The van der Waals surface area contributed by atoms with Gasteiger partial charge in [-0.1, -0.05) is 6.92 Å². The zero-order valence-corrected chi connectivity index (χ0v) is 13.5. The first-order chi connectivity index (χ1) is 10.1. The summed E-state index contributed by atoms with van der Waals surface area (Å²) in [6.07, 6.45) is 6.29. The van der Waals surface area contributed by atoms with E-state index < -0.39 is 0 Å². The highest BCUT2D eigenvalue weighted by atomic mass is 15.2. The second kappa shape index (κ2) is 5.55. The standard InChI is InChI=1S/C18H25N3/c1-13(2)21(17-9-14(3)11-19-12-17)16-5-6-18-15(10-16)7-8-20(18)4/h5-6,10-14H,7-9H2,1-4H3. The number of allylic oxidation sites excluding steroid dienone is 1. The number of rotatable bonds is 3. The Morgan fingerprint density at radius 3 is 2.86 bits per heavy atom. The van der Waals surface area contributed by atoms with Crippen molar-refractivity contribution in [3.05, 3.63) is 35.7 Å². The van der Waals surface area contributed by atoms with Crippen molar-refractivity contribution in [2.45, 2.75) is 39.7 Å². The monoisotopic (exact) mass is 283 g/mol. The van der Waals surface area contributed by atoms with Crippen LogP contribution in [0, 0.1) is 5.92 Å². The van der Waals surface area contributed by atoms with Gasteiger partial charge in [0.05, 0.1) is 0 Å². The molecule has 1 aromatic carbocycles. The van der Waals surface area contributed by atoms with Gasteiger partial charge in [-0.25, -0.2) is 0 Å². The van der Waals surface area contributed by atoms with Crippen molar-refractivity contribution in [3.63, 3.8) is 0 Å². The summed E-state index contributed by atoms with van der Waals surface area (Å²) in [5.74, 6) is 0.520. The molecule has 1 aromatic rings. The molecule has 0 bridgehead atoms. The molecule has 112 valence electrons. The molecule has 2 heterocycles. The van der Waals surface area contributed by atoms with E-state index in [1.54, 1.807) is 0 Å². The first kappa shape index (κ1) is 14.2. The zero-order valence-electron chi connectivity index (χ0n) is 13.5. The van der Waals surface area contributed by atoms with E-state index in [0.29, 0.717) is 12.0 Å². The first-order valence-electron chi connectivity index (χ1n) is 7.92. The van der Waals surface area contributed by atoms with Crippen molar-refractivity contribution in [1.82, 2.24) is 0 Å². The van der Waals surface area contributed by atoms with Gasteiger partial charge in [-0.3, -0.25) is 4.99 Å². The van der Waals surface area contributed by atoms with Crippen molar-refractivity contribution >= 4 is 17.6 Å². The Balaban J connectivity index is 1.95. The summed E-state index contributed by atoms with van der Waals surface area (Å²) in [7, 11) is 2.17. The summed E-state index contributed by atoms with van der Waals surface area (Å²) in [5, 5.41) is 0. The SMILES string of the molecule is CC1C=NC=C(N(c2ccc3c(c2)CCN3C)C(C)C)C1. The molecule has 1 atom stereocenters. The summed E-state index contributed by atoms with van der Waals surface area (Å²) >= 11 is 0. The molecule has 0 fully saturated rings. The van der Waals surface area contributed by atoms with E-state index in [4.69, 9.17) is 0 Å². The molecule has 0 radical (unpaired) electrons. The number of benzene rings is 1. The highest BCUT2D eigenvalue weighted by Crippen LogP contribution is 2.34. The summed E-state index contributed by atoms with van der Waals surface area (Å²) in [6.45, 7) is 7.86. The summed E-state index contributed by atoms with van der Waals surface area (Å²) < 4.78 is 0. The Morgan fingerprint density at radius 2 is 2.14 bits per heavy atom. The van der Waals surface area contributed by atoms with E-state index in [9.17, 15) is 0 Å². The van der Waals surface area contributed by atoms with E-state index in [2.05, 4.69) is 60.8 Å². The fraction of sp³-hybridized carbons (Fsp3) is 0.500. The molecule has 3 heteroatoms. The summed E-state index contributed by atoms with van der Waals surface area (Å²) in [6, 6.07) is 7.32. The fourth-order valence-electron chi connectivity index (χ4n) is 3.37. The summed E-state index contributed by atoms with van der Waals surface area (Å²) in [5.41, 5.74) is 5.47. The Bertz CT molecular complexity index is 586. The van der Waals surface area contributed by atoms with E-state index >= 15 is 0 Å². The average Bonchev–Trinajstić information content (AvgIpc) is 2.80. The first-order valence-corrected chi connectivity index (χ1v) is 7.92. The van der Waals surface area contributed by atoms with Gasteiger partial charge in [0.25, 0.3) is 0 Å². The third-order valence-corrected chi connectivity index (χ3v) is 4.39. The molecule has 0 spiro atoms. The molecule has 0 aromatic heterocycles. The minimum absolute atomic E-state index is 0.439. The van der Waals surface area contributed by atoms with Crippen LogP contribution in [0.25, 0.3) is 0 Å². The van der Waals surface area contributed by atoms with Crippen molar-refractivity contribution in [2.24, 2.45) is 10.9 Å². The number of hydrogen-bond acceptors (Lipinski definition) is 3. The lowest BCUT2D eigenvalue weighted by Gasteiger charge is -2.33. The average molecular weight is 283 g/mol. The molecule has 1 unspecified atom stereocenters. The van der Waals surface area contributed by atoms with Crippen LogP contribution in [0.15, 0.2) is 35.1 Å². The largest absolute Gasteiger partial charge is 0.374 e. The Kier molecular flexibility index (Phi) is 3.75.